The highest BCUT2D eigenvalue weighted by Gasteiger charge is 2.81. The van der Waals surface area contributed by atoms with Gasteiger partial charge in [0.15, 0.2) is 0 Å². The van der Waals surface area contributed by atoms with Crippen molar-refractivity contribution in [3.8, 4) is 0 Å². The van der Waals surface area contributed by atoms with Gasteiger partial charge in [-0.05, 0) is 59.7 Å². The highest BCUT2D eigenvalue weighted by Crippen LogP contribution is 2.52. The molecule has 0 aliphatic carbocycles. The first kappa shape index (κ1) is 29.5. The fourth-order valence-electron chi connectivity index (χ4n) is 4.01. The number of anilines is 1. The van der Waals surface area contributed by atoms with E-state index in [4.69, 9.17) is 9.47 Å². The third kappa shape index (κ3) is 4.91. The van der Waals surface area contributed by atoms with Crippen molar-refractivity contribution in [2.24, 2.45) is 0 Å². The van der Waals surface area contributed by atoms with Gasteiger partial charge in [-0.3, -0.25) is 20.2 Å². The van der Waals surface area contributed by atoms with Crippen molar-refractivity contribution in [2.75, 3.05) is 4.90 Å². The maximum absolute atomic E-state index is 17.3. The Hall–Kier alpha value is -4.07. The van der Waals surface area contributed by atoms with Crippen molar-refractivity contribution in [2.45, 2.75) is 68.3 Å². The molecule has 14 heteroatoms. The van der Waals surface area contributed by atoms with Crippen molar-refractivity contribution in [1.29, 1.82) is 0 Å². The van der Waals surface area contributed by atoms with E-state index < -0.39 is 70.9 Å². The van der Waals surface area contributed by atoms with Gasteiger partial charge in [0.2, 0.25) is 0 Å². The molecule has 0 spiro atoms. The molecule has 210 valence electrons. The van der Waals surface area contributed by atoms with E-state index >= 15 is 4.39 Å². The quantitative estimate of drug-likeness (QED) is 0.320. The molecule has 0 saturated heterocycles. The first-order valence-electron chi connectivity index (χ1n) is 11.6. The molecule has 1 unspecified atom stereocenters. The molecule has 0 fully saturated rings. The predicted molar refractivity (Wildman–Crippen MR) is 136 cm³/mol. The van der Waals surface area contributed by atoms with Crippen LogP contribution < -0.4 is 10.2 Å². The highest BCUT2D eigenvalue weighted by atomic mass is 32.2. The number of rotatable bonds is 5. The van der Waals surface area contributed by atoms with E-state index in [1.165, 1.54) is 71.9 Å². The Labute approximate surface area is 224 Å². The minimum absolute atomic E-state index is 0.260. The van der Waals surface area contributed by atoms with Gasteiger partial charge in [0.05, 0.1) is 15.5 Å². The number of carbonyl (C=O) groups is 3. The van der Waals surface area contributed by atoms with Crippen molar-refractivity contribution in [3.05, 3.63) is 70.3 Å². The Bertz CT molecular complexity index is 1430. The number of amides is 3. The topological polar surface area (TPSA) is 162 Å². The fraction of sp³-hybridized carbons (Fsp3) is 0.400. The Morgan fingerprint density at radius 1 is 0.949 bits per heavy atom. The third-order valence-electron chi connectivity index (χ3n) is 5.44. The van der Waals surface area contributed by atoms with Gasteiger partial charge in [-0.1, -0.05) is 36.4 Å². The van der Waals surface area contributed by atoms with Crippen LogP contribution in [0.25, 0.3) is 0 Å². The van der Waals surface area contributed by atoms with Crippen LogP contribution in [0.1, 0.15) is 47.1 Å². The number of nitrogens with one attached hydrogen (secondary N) is 1. The molecular formula is C25H28FN3O9S. The number of imide groups is 1. The van der Waals surface area contributed by atoms with E-state index in [1.807, 2.05) is 5.32 Å². The number of hydrogen-bond donors (Lipinski definition) is 1. The van der Waals surface area contributed by atoms with Crippen LogP contribution in [-0.4, -0.2) is 47.8 Å². The summed E-state index contributed by atoms with van der Waals surface area (Å²) in [6, 6.07) is 10.2. The molecule has 1 aliphatic heterocycles. The Morgan fingerprint density at radius 2 is 1.46 bits per heavy atom. The van der Waals surface area contributed by atoms with Gasteiger partial charge in [-0.25, -0.2) is 22.9 Å². The standard InChI is InChI=1S/C25H28FN3O9S/c1-22(2,3)37-20(31)27-24(25(26,29(33)34)39(35,36)16-12-8-7-9-13-16)17-14-10-11-15-18(17)28(19(24)30)21(32)38-23(4,5)6/h7-15H,1-6H3,(H,27,31)/t24-,25?/m0/s1. The molecule has 1 heterocycles. The number of fused-ring (bicyclic) bond motifs is 1. The zero-order chi connectivity index (χ0) is 29.6. The number of halogens is 1. The number of nitrogens with zero attached hydrogens (tertiary/aromatic N) is 2. The van der Waals surface area contributed by atoms with Gasteiger partial charge in [0.1, 0.15) is 11.2 Å². The smallest absolute Gasteiger partial charge is 0.444 e. The lowest BCUT2D eigenvalue weighted by Gasteiger charge is -2.35. The van der Waals surface area contributed by atoms with E-state index in [0.717, 1.165) is 24.3 Å². The maximum Gasteiger partial charge on any atom is 0.499 e. The summed E-state index contributed by atoms with van der Waals surface area (Å²) >= 11 is 0. The van der Waals surface area contributed by atoms with Gasteiger partial charge in [-0.15, -0.1) is 4.39 Å². The zero-order valence-corrected chi connectivity index (χ0v) is 22.9. The second-order valence-electron chi connectivity index (χ2n) is 10.6. The molecule has 0 bridgehead atoms. The molecule has 3 amide bonds. The average molecular weight is 566 g/mol. The van der Waals surface area contributed by atoms with Crippen LogP contribution >= 0.6 is 0 Å². The van der Waals surface area contributed by atoms with Gasteiger partial charge < -0.3 is 9.47 Å². The lowest BCUT2D eigenvalue weighted by atomic mass is 9.89. The number of hydrogen-bond acceptors (Lipinski definition) is 9. The molecule has 2 aromatic carbocycles. The number of sulfone groups is 1. The lowest BCUT2D eigenvalue weighted by molar-refractivity contribution is -0.585. The number of para-hydroxylation sites is 1. The summed E-state index contributed by atoms with van der Waals surface area (Å²) in [5.41, 5.74) is -7.16. The van der Waals surface area contributed by atoms with Gasteiger partial charge >= 0.3 is 17.3 Å². The second kappa shape index (κ2) is 9.59. The molecule has 0 aromatic heterocycles. The summed E-state index contributed by atoms with van der Waals surface area (Å²) in [4.78, 5) is 50.4. The fourth-order valence-corrected chi connectivity index (χ4v) is 5.69. The molecule has 0 saturated carbocycles. The van der Waals surface area contributed by atoms with Gasteiger partial charge in [-0.2, -0.15) is 0 Å². The summed E-state index contributed by atoms with van der Waals surface area (Å²) in [5.74, 6) is -1.78. The lowest BCUT2D eigenvalue weighted by Crippen LogP contribution is -2.71. The zero-order valence-electron chi connectivity index (χ0n) is 22.1. The molecule has 12 nitrogen and oxygen atoms in total. The number of ether oxygens (including phenoxy) is 2. The van der Waals surface area contributed by atoms with Gasteiger partial charge in [0.25, 0.3) is 21.3 Å². The van der Waals surface area contributed by atoms with E-state index in [0.29, 0.717) is 0 Å². The summed E-state index contributed by atoms with van der Waals surface area (Å²) in [5, 5.41) is 9.60. The highest BCUT2D eigenvalue weighted by molar-refractivity contribution is 7.92. The minimum Gasteiger partial charge on any atom is -0.444 e. The monoisotopic (exact) mass is 565 g/mol. The summed E-state index contributed by atoms with van der Waals surface area (Å²) < 4.78 is 55.1. The van der Waals surface area contributed by atoms with Crippen LogP contribution in [0.3, 0.4) is 0 Å². The predicted octanol–water partition coefficient (Wildman–Crippen LogP) is 4.06. The van der Waals surface area contributed by atoms with Gasteiger partial charge in [0, 0.05) is 5.56 Å². The van der Waals surface area contributed by atoms with Crippen LogP contribution in [-0.2, 0) is 29.6 Å². The SMILES string of the molecule is CC(C)(C)OC(=O)N[C@]1(C(F)([N+](=O)[O-])S(=O)(=O)c2ccccc2)C(=O)N(C(=O)OC(C)(C)C)c2ccccc21. The number of alkyl halides is 1. The molecule has 0 radical (unpaired) electrons. The molecule has 2 aromatic rings. The Morgan fingerprint density at radius 3 is 1.97 bits per heavy atom. The first-order chi connectivity index (χ1) is 17.8. The van der Waals surface area contributed by atoms with Crippen LogP contribution in [0.15, 0.2) is 59.5 Å². The minimum atomic E-state index is -5.73. The molecule has 1 aliphatic rings. The average Bonchev–Trinajstić information content (AvgIpc) is 3.05. The molecule has 1 N–H and O–H groups in total. The summed E-state index contributed by atoms with van der Waals surface area (Å²) in [7, 11) is -5.73. The van der Waals surface area contributed by atoms with Crippen LogP contribution in [0, 0.1) is 10.1 Å². The number of alkyl carbamates (subject to hydrolysis) is 1. The molecule has 3 rings (SSSR count). The molecular weight excluding hydrogens is 537 g/mol. The summed E-state index contributed by atoms with van der Waals surface area (Å²) in [6.07, 6.45) is -2.93. The largest absolute Gasteiger partial charge is 0.499 e. The van der Waals surface area contributed by atoms with Crippen LogP contribution in [0.5, 0.6) is 0 Å². The number of nitro groups is 1. The van der Waals surface area contributed by atoms with Crippen molar-refractivity contribution in [3.63, 3.8) is 0 Å². The van der Waals surface area contributed by atoms with Crippen molar-refractivity contribution >= 4 is 33.6 Å². The maximum atomic E-state index is 17.3. The van der Waals surface area contributed by atoms with Crippen LogP contribution in [0.4, 0.5) is 19.7 Å². The second-order valence-corrected chi connectivity index (χ2v) is 12.7. The van der Waals surface area contributed by atoms with E-state index in [1.54, 1.807) is 0 Å². The summed E-state index contributed by atoms with van der Waals surface area (Å²) in [6.45, 7) is 8.69. The Kier molecular flexibility index (Phi) is 7.25. The Balaban J connectivity index is 2.43. The van der Waals surface area contributed by atoms with Crippen molar-refractivity contribution in [1.82, 2.24) is 5.32 Å². The molecule has 2 atom stereocenters. The van der Waals surface area contributed by atoms with E-state index in [2.05, 4.69) is 0 Å². The van der Waals surface area contributed by atoms with Crippen molar-refractivity contribution < 1.29 is 41.6 Å². The van der Waals surface area contributed by atoms with E-state index in [-0.39, 0.29) is 4.90 Å². The normalized spacial score (nSPS) is 19.1. The first-order valence-corrected chi connectivity index (χ1v) is 13.1. The number of carbonyl (C=O) groups excluding carboxylic acids is 3. The molecule has 39 heavy (non-hydrogen) atoms. The van der Waals surface area contributed by atoms with Crippen LogP contribution in [0.2, 0.25) is 0 Å². The third-order valence-corrected chi connectivity index (χ3v) is 7.50. The van der Waals surface area contributed by atoms with E-state index in [9.17, 15) is 32.9 Å². The number of benzene rings is 2.